The molecule has 0 radical (unpaired) electrons. The summed E-state index contributed by atoms with van der Waals surface area (Å²) in [6.07, 6.45) is 4.15. The fraction of sp³-hybridized carbons (Fsp3) is 0.368. The fourth-order valence-electron chi connectivity index (χ4n) is 3.26. The van der Waals surface area contributed by atoms with Crippen molar-refractivity contribution in [2.45, 2.75) is 18.9 Å². The first-order chi connectivity index (χ1) is 11.8. The molecule has 1 aromatic heterocycles. The predicted octanol–water partition coefficient (Wildman–Crippen LogP) is 3.21. The van der Waals surface area contributed by atoms with Gasteiger partial charge in [-0.05, 0) is 44.1 Å². The van der Waals surface area contributed by atoms with Gasteiger partial charge in [-0.2, -0.15) is 5.26 Å². The van der Waals surface area contributed by atoms with Gasteiger partial charge in [-0.3, -0.25) is 4.90 Å². The van der Waals surface area contributed by atoms with Gasteiger partial charge in [0, 0.05) is 18.3 Å². The van der Waals surface area contributed by atoms with Crippen LogP contribution in [0.25, 0.3) is 0 Å². The van der Waals surface area contributed by atoms with Crippen molar-refractivity contribution in [3.8, 4) is 11.8 Å². The Morgan fingerprint density at radius 2 is 2.04 bits per heavy atom. The van der Waals surface area contributed by atoms with Gasteiger partial charge in [0.15, 0.2) is 0 Å². The second-order valence-electron chi connectivity index (χ2n) is 5.89. The quantitative estimate of drug-likeness (QED) is 0.885. The second-order valence-corrected chi connectivity index (χ2v) is 5.89. The highest BCUT2D eigenvalue weighted by atomic mass is 16.5. The number of methoxy groups -OCH3 is 1. The first-order valence-corrected chi connectivity index (χ1v) is 8.29. The van der Waals surface area contributed by atoms with Crippen LogP contribution in [0.3, 0.4) is 0 Å². The Labute approximate surface area is 142 Å². The van der Waals surface area contributed by atoms with Crippen LogP contribution >= 0.6 is 0 Å². The Hall–Kier alpha value is -2.58. The van der Waals surface area contributed by atoms with Crippen molar-refractivity contribution in [2.24, 2.45) is 0 Å². The number of hydrogen-bond acceptors (Lipinski definition) is 5. The topological polar surface area (TPSA) is 61.2 Å². The summed E-state index contributed by atoms with van der Waals surface area (Å²) in [6, 6.07) is 14.1. The molecule has 0 amide bonds. The van der Waals surface area contributed by atoms with Gasteiger partial charge in [-0.1, -0.05) is 18.2 Å². The number of anilines is 1. The zero-order valence-electron chi connectivity index (χ0n) is 13.9. The average Bonchev–Trinajstić information content (AvgIpc) is 3.17. The number of nitrogens with zero attached hydrogens (tertiary/aromatic N) is 3. The Morgan fingerprint density at radius 3 is 2.79 bits per heavy atom. The number of nitriles is 1. The molecule has 24 heavy (non-hydrogen) atoms. The lowest BCUT2D eigenvalue weighted by molar-refractivity contribution is 0.249. The van der Waals surface area contributed by atoms with E-state index < -0.39 is 0 Å². The molecule has 5 nitrogen and oxygen atoms in total. The maximum absolute atomic E-state index is 9.23. The number of nitrogens with one attached hydrogen (secondary N) is 1. The van der Waals surface area contributed by atoms with E-state index >= 15 is 0 Å². The van der Waals surface area contributed by atoms with Crippen LogP contribution in [0.1, 0.15) is 30.0 Å². The van der Waals surface area contributed by atoms with E-state index in [9.17, 15) is 5.26 Å². The highest BCUT2D eigenvalue weighted by Gasteiger charge is 2.26. The standard InChI is InChI=1S/C19H22N4O/c1-24-18-9-3-2-8-16(18)17(23-11-4-5-12-23)14-22-19-15(13-20)7-6-10-21-19/h2-3,6-10,17H,4-5,11-12,14H2,1H3,(H,21,22). The lowest BCUT2D eigenvalue weighted by Gasteiger charge is -2.29. The molecule has 1 aliphatic heterocycles. The summed E-state index contributed by atoms with van der Waals surface area (Å²) in [5.41, 5.74) is 1.74. The Kier molecular flexibility index (Phi) is 5.29. The van der Waals surface area contributed by atoms with E-state index in [1.807, 2.05) is 18.2 Å². The number of aromatic nitrogens is 1. The minimum atomic E-state index is 0.192. The third-order valence-corrected chi connectivity index (χ3v) is 4.47. The van der Waals surface area contributed by atoms with Gasteiger partial charge in [0.2, 0.25) is 0 Å². The fourth-order valence-corrected chi connectivity index (χ4v) is 3.26. The van der Waals surface area contributed by atoms with Crippen LogP contribution in [0.5, 0.6) is 5.75 Å². The van der Waals surface area contributed by atoms with E-state index in [1.54, 1.807) is 25.4 Å². The Balaban J connectivity index is 1.84. The molecule has 3 rings (SSSR count). The monoisotopic (exact) mass is 322 g/mol. The lowest BCUT2D eigenvalue weighted by Crippen LogP contribution is -2.31. The van der Waals surface area contributed by atoms with Gasteiger partial charge in [0.1, 0.15) is 17.6 Å². The number of hydrogen-bond donors (Lipinski definition) is 1. The van der Waals surface area contributed by atoms with Crippen molar-refractivity contribution in [2.75, 3.05) is 32.1 Å². The van der Waals surface area contributed by atoms with E-state index in [0.29, 0.717) is 17.9 Å². The zero-order chi connectivity index (χ0) is 16.8. The molecule has 1 aliphatic rings. The van der Waals surface area contributed by atoms with Crippen molar-refractivity contribution in [1.82, 2.24) is 9.88 Å². The van der Waals surface area contributed by atoms with Crippen LogP contribution in [0.15, 0.2) is 42.6 Å². The Bertz CT molecular complexity index is 719. The largest absolute Gasteiger partial charge is 0.496 e. The van der Waals surface area contributed by atoms with E-state index in [-0.39, 0.29) is 6.04 Å². The van der Waals surface area contributed by atoms with Crippen LogP contribution in [0.2, 0.25) is 0 Å². The highest BCUT2D eigenvalue weighted by molar-refractivity contribution is 5.51. The maximum atomic E-state index is 9.23. The number of benzene rings is 1. The molecule has 2 aromatic rings. The van der Waals surface area contributed by atoms with Gasteiger partial charge < -0.3 is 10.1 Å². The van der Waals surface area contributed by atoms with Crippen molar-refractivity contribution >= 4 is 5.82 Å². The van der Waals surface area contributed by atoms with E-state index in [4.69, 9.17) is 4.74 Å². The van der Waals surface area contributed by atoms with Crippen molar-refractivity contribution in [1.29, 1.82) is 5.26 Å². The normalized spacial score (nSPS) is 15.7. The van der Waals surface area contributed by atoms with Crippen LogP contribution in [-0.4, -0.2) is 36.6 Å². The first-order valence-electron chi connectivity index (χ1n) is 8.29. The molecule has 1 N–H and O–H groups in total. The van der Waals surface area contributed by atoms with Crippen LogP contribution < -0.4 is 10.1 Å². The molecule has 0 aliphatic carbocycles. The molecule has 1 saturated heterocycles. The molecule has 0 bridgehead atoms. The maximum Gasteiger partial charge on any atom is 0.143 e. The van der Waals surface area contributed by atoms with Crippen molar-refractivity contribution < 1.29 is 4.74 Å². The number of likely N-dealkylation sites (tertiary alicyclic amines) is 1. The number of para-hydroxylation sites is 1. The summed E-state index contributed by atoms with van der Waals surface area (Å²) >= 11 is 0. The van der Waals surface area contributed by atoms with Gasteiger partial charge in [0.25, 0.3) is 0 Å². The number of pyridine rings is 1. The average molecular weight is 322 g/mol. The van der Waals surface area contributed by atoms with E-state index in [1.165, 1.54) is 18.4 Å². The third kappa shape index (κ3) is 3.50. The predicted molar refractivity (Wildman–Crippen MR) is 94.0 cm³/mol. The van der Waals surface area contributed by atoms with Gasteiger partial charge >= 0.3 is 0 Å². The molecular formula is C19H22N4O. The molecule has 1 aromatic carbocycles. The molecule has 124 valence electrons. The molecule has 1 unspecified atom stereocenters. The molecular weight excluding hydrogens is 300 g/mol. The summed E-state index contributed by atoms with van der Waals surface area (Å²) in [7, 11) is 1.71. The Morgan fingerprint density at radius 1 is 1.25 bits per heavy atom. The van der Waals surface area contributed by atoms with E-state index in [2.05, 4.69) is 27.3 Å². The summed E-state index contributed by atoms with van der Waals surface area (Å²) in [5.74, 6) is 1.54. The third-order valence-electron chi connectivity index (χ3n) is 4.47. The van der Waals surface area contributed by atoms with E-state index in [0.717, 1.165) is 18.8 Å². The van der Waals surface area contributed by atoms with Crippen molar-refractivity contribution in [3.63, 3.8) is 0 Å². The lowest BCUT2D eigenvalue weighted by atomic mass is 10.0. The molecule has 0 spiro atoms. The SMILES string of the molecule is COc1ccccc1C(CNc1ncccc1C#N)N1CCCC1. The summed E-state index contributed by atoms with van der Waals surface area (Å²) in [5, 5.41) is 12.6. The molecule has 2 heterocycles. The smallest absolute Gasteiger partial charge is 0.143 e. The van der Waals surface area contributed by atoms with Crippen molar-refractivity contribution in [3.05, 3.63) is 53.7 Å². The number of rotatable bonds is 6. The minimum absolute atomic E-state index is 0.192. The minimum Gasteiger partial charge on any atom is -0.496 e. The summed E-state index contributed by atoms with van der Waals surface area (Å²) in [4.78, 5) is 6.77. The first kappa shape index (κ1) is 16.3. The molecule has 1 atom stereocenters. The second kappa shape index (κ2) is 7.80. The molecule has 0 saturated carbocycles. The summed E-state index contributed by atoms with van der Waals surface area (Å²) in [6.45, 7) is 2.85. The molecule has 1 fully saturated rings. The van der Waals surface area contributed by atoms with Crippen LogP contribution in [0.4, 0.5) is 5.82 Å². The van der Waals surface area contributed by atoms with Gasteiger partial charge in [-0.15, -0.1) is 0 Å². The summed E-state index contributed by atoms with van der Waals surface area (Å²) < 4.78 is 5.56. The molecule has 5 heteroatoms. The zero-order valence-corrected chi connectivity index (χ0v) is 13.9. The van der Waals surface area contributed by atoms with Crippen LogP contribution in [0, 0.1) is 11.3 Å². The van der Waals surface area contributed by atoms with Gasteiger partial charge in [-0.25, -0.2) is 4.98 Å². The highest BCUT2D eigenvalue weighted by Crippen LogP contribution is 2.32. The number of ether oxygens (including phenoxy) is 1. The van der Waals surface area contributed by atoms with Crippen LogP contribution in [-0.2, 0) is 0 Å². The van der Waals surface area contributed by atoms with Gasteiger partial charge in [0.05, 0.1) is 18.7 Å².